The molecule has 1 heterocycles. The van der Waals surface area contributed by atoms with E-state index in [4.69, 9.17) is 0 Å². The van der Waals surface area contributed by atoms with E-state index in [0.717, 1.165) is 25.0 Å². The van der Waals surface area contributed by atoms with Gasteiger partial charge in [0.2, 0.25) is 11.8 Å². The smallest absolute Gasteiger partial charge is 0.229 e. The maximum absolute atomic E-state index is 12.3. The summed E-state index contributed by atoms with van der Waals surface area (Å²) in [7, 11) is 0. The van der Waals surface area contributed by atoms with E-state index in [2.05, 4.69) is 15.6 Å². The highest BCUT2D eigenvalue weighted by atomic mass is 32.2. The average molecular weight is 367 g/mol. The topological polar surface area (TPSA) is 88.2 Å². The third-order valence-corrected chi connectivity index (χ3v) is 6.17. The van der Waals surface area contributed by atoms with Crippen molar-refractivity contribution in [2.24, 2.45) is 11.8 Å². The number of carbonyl (C=O) groups excluding carboxylic acids is 3. The zero-order chi connectivity index (χ0) is 17.1. The first-order valence-electron chi connectivity index (χ1n) is 8.19. The number of thiazole rings is 1. The summed E-state index contributed by atoms with van der Waals surface area (Å²) in [6.07, 6.45) is 5.61. The Hall–Kier alpha value is -1.41. The lowest BCUT2D eigenvalue weighted by molar-refractivity contribution is -0.125. The van der Waals surface area contributed by atoms with Crippen LogP contribution >= 0.6 is 23.1 Å². The molecule has 0 bridgehead atoms. The number of thioether (sulfide) groups is 1. The Morgan fingerprint density at radius 1 is 1.25 bits per heavy atom. The zero-order valence-corrected chi connectivity index (χ0v) is 15.2. The van der Waals surface area contributed by atoms with Crippen LogP contribution in [-0.4, -0.2) is 41.1 Å². The van der Waals surface area contributed by atoms with Crippen LogP contribution in [0.25, 0.3) is 0 Å². The number of carbonyl (C=O) groups is 3. The van der Waals surface area contributed by atoms with Gasteiger partial charge in [-0.1, -0.05) is 17.8 Å². The predicted molar refractivity (Wildman–Crippen MR) is 95.6 cm³/mol. The summed E-state index contributed by atoms with van der Waals surface area (Å²) in [5, 5.41) is 6.17. The molecule has 6 nitrogen and oxygen atoms in total. The molecule has 0 aliphatic heterocycles. The molecule has 0 saturated heterocycles. The van der Waals surface area contributed by atoms with Crippen LogP contribution in [-0.2, 0) is 16.0 Å². The van der Waals surface area contributed by atoms with Crippen LogP contribution in [0, 0.1) is 11.8 Å². The number of anilines is 1. The normalized spacial score (nSPS) is 20.2. The Morgan fingerprint density at radius 3 is 2.71 bits per heavy atom. The van der Waals surface area contributed by atoms with Crippen LogP contribution in [0.4, 0.5) is 5.13 Å². The van der Waals surface area contributed by atoms with Crippen LogP contribution in [0.15, 0.2) is 0 Å². The molecular weight excluding hydrogens is 346 g/mol. The van der Waals surface area contributed by atoms with E-state index >= 15 is 0 Å². The molecule has 2 N–H and O–H groups in total. The van der Waals surface area contributed by atoms with Crippen molar-refractivity contribution in [3.05, 3.63) is 10.6 Å². The highest BCUT2D eigenvalue weighted by Gasteiger charge is 2.33. The number of fused-ring (bicyclic) bond motifs is 1. The standard InChI is InChI=1S/C16H21N3O3S2/c1-23-6-5-17-14(21)10-7-11-13(12(20)8-10)24-16(18-11)19-15(22)9-3-2-4-9/h9-10H,2-8H2,1H3,(H,17,21)(H,18,19,22)/t10-/m0/s1. The SMILES string of the molecule is CSCCNC(=O)[C@@H]1CC(=O)c2sc(NC(=O)C3CCC3)nc2C1. The lowest BCUT2D eigenvalue weighted by Crippen LogP contribution is -2.36. The molecule has 2 amide bonds. The fourth-order valence-corrected chi connectivity index (χ4v) is 4.12. The number of ketones is 1. The fourth-order valence-electron chi connectivity index (χ4n) is 2.87. The van der Waals surface area contributed by atoms with Gasteiger partial charge in [-0.2, -0.15) is 11.8 Å². The van der Waals surface area contributed by atoms with Crippen LogP contribution < -0.4 is 10.6 Å². The third kappa shape index (κ3) is 3.80. The second kappa shape index (κ2) is 7.65. The lowest BCUT2D eigenvalue weighted by atomic mass is 9.85. The van der Waals surface area contributed by atoms with Gasteiger partial charge in [0.05, 0.1) is 16.5 Å². The molecule has 130 valence electrons. The van der Waals surface area contributed by atoms with E-state index in [1.54, 1.807) is 11.8 Å². The van der Waals surface area contributed by atoms with Crippen LogP contribution in [0.2, 0.25) is 0 Å². The Balaban J connectivity index is 1.63. The van der Waals surface area contributed by atoms with E-state index in [1.807, 2.05) is 6.26 Å². The number of rotatable bonds is 6. The summed E-state index contributed by atoms with van der Waals surface area (Å²) in [6.45, 7) is 0.608. The molecule has 2 aliphatic carbocycles. The second-order valence-corrected chi connectivity index (χ2v) is 8.21. The highest BCUT2D eigenvalue weighted by molar-refractivity contribution is 7.98. The minimum Gasteiger partial charge on any atom is -0.355 e. The van der Waals surface area contributed by atoms with Crippen molar-refractivity contribution >= 4 is 45.8 Å². The quantitative estimate of drug-likeness (QED) is 0.752. The lowest BCUT2D eigenvalue weighted by Gasteiger charge is -2.23. The summed E-state index contributed by atoms with van der Waals surface area (Å²) in [4.78, 5) is 41.5. The molecule has 24 heavy (non-hydrogen) atoms. The Labute approximate surface area is 149 Å². The van der Waals surface area contributed by atoms with E-state index in [-0.39, 0.29) is 35.9 Å². The number of aromatic nitrogens is 1. The number of hydrogen-bond donors (Lipinski definition) is 2. The van der Waals surface area contributed by atoms with Crippen molar-refractivity contribution in [2.75, 3.05) is 23.9 Å². The van der Waals surface area contributed by atoms with Gasteiger partial charge in [0.15, 0.2) is 10.9 Å². The summed E-state index contributed by atoms with van der Waals surface area (Å²) < 4.78 is 0. The third-order valence-electron chi connectivity index (χ3n) is 4.50. The average Bonchev–Trinajstić information content (AvgIpc) is 2.88. The first-order valence-corrected chi connectivity index (χ1v) is 10.4. The maximum atomic E-state index is 12.3. The van der Waals surface area contributed by atoms with Crippen molar-refractivity contribution in [2.45, 2.75) is 32.1 Å². The summed E-state index contributed by atoms with van der Waals surface area (Å²) in [5.74, 6) is 0.428. The summed E-state index contributed by atoms with van der Waals surface area (Å²) >= 11 is 2.90. The van der Waals surface area contributed by atoms with Crippen LogP contribution in [0.5, 0.6) is 0 Å². The first kappa shape index (κ1) is 17.4. The van der Waals surface area contributed by atoms with Crippen molar-refractivity contribution in [3.8, 4) is 0 Å². The number of hydrogen-bond acceptors (Lipinski definition) is 6. The number of amides is 2. The molecule has 2 aliphatic rings. The van der Waals surface area contributed by atoms with Crippen molar-refractivity contribution < 1.29 is 14.4 Å². The molecule has 0 aromatic carbocycles. The Morgan fingerprint density at radius 2 is 2.04 bits per heavy atom. The second-order valence-electron chi connectivity index (χ2n) is 6.22. The Bertz CT molecular complexity index is 655. The molecule has 1 aromatic heterocycles. The van der Waals surface area contributed by atoms with Crippen LogP contribution in [0.1, 0.15) is 41.0 Å². The monoisotopic (exact) mass is 367 g/mol. The minimum absolute atomic E-state index is 0.00819. The van der Waals surface area contributed by atoms with Gasteiger partial charge in [0, 0.05) is 31.1 Å². The Kier molecular flexibility index (Phi) is 5.55. The predicted octanol–water partition coefficient (Wildman–Crippen LogP) is 2.11. The van der Waals surface area contributed by atoms with E-state index < -0.39 is 0 Å². The molecule has 3 rings (SSSR count). The van der Waals surface area contributed by atoms with Crippen molar-refractivity contribution in [1.82, 2.24) is 10.3 Å². The molecule has 0 radical (unpaired) electrons. The van der Waals surface area contributed by atoms with E-state index in [9.17, 15) is 14.4 Å². The first-order chi connectivity index (χ1) is 11.6. The number of nitrogens with zero attached hydrogens (tertiary/aromatic N) is 1. The zero-order valence-electron chi connectivity index (χ0n) is 13.6. The fraction of sp³-hybridized carbons (Fsp3) is 0.625. The van der Waals surface area contributed by atoms with Gasteiger partial charge >= 0.3 is 0 Å². The van der Waals surface area contributed by atoms with Gasteiger partial charge in [-0.3, -0.25) is 14.4 Å². The van der Waals surface area contributed by atoms with Gasteiger partial charge in [-0.15, -0.1) is 0 Å². The number of nitrogens with one attached hydrogen (secondary N) is 2. The van der Waals surface area contributed by atoms with Crippen molar-refractivity contribution in [3.63, 3.8) is 0 Å². The molecule has 0 spiro atoms. The van der Waals surface area contributed by atoms with Crippen molar-refractivity contribution in [1.29, 1.82) is 0 Å². The maximum Gasteiger partial charge on any atom is 0.229 e. The molecular formula is C16H21N3O3S2. The number of Topliss-reactive ketones (excluding diaryl/α,β-unsaturated/α-hetero) is 1. The molecule has 1 saturated carbocycles. The molecule has 1 fully saturated rings. The summed E-state index contributed by atoms with van der Waals surface area (Å²) in [5.41, 5.74) is 0.644. The van der Waals surface area contributed by atoms with Gasteiger partial charge < -0.3 is 10.6 Å². The highest BCUT2D eigenvalue weighted by Crippen LogP contribution is 2.34. The van der Waals surface area contributed by atoms with Gasteiger partial charge in [-0.05, 0) is 19.1 Å². The molecule has 1 aromatic rings. The summed E-state index contributed by atoms with van der Waals surface area (Å²) in [6, 6.07) is 0. The molecule has 8 heteroatoms. The molecule has 0 unspecified atom stereocenters. The van der Waals surface area contributed by atoms with Gasteiger partial charge in [0.1, 0.15) is 0 Å². The minimum atomic E-state index is -0.357. The van der Waals surface area contributed by atoms with Crippen LogP contribution in [0.3, 0.4) is 0 Å². The molecule has 1 atom stereocenters. The van der Waals surface area contributed by atoms with E-state index in [0.29, 0.717) is 28.7 Å². The largest absolute Gasteiger partial charge is 0.355 e. The van der Waals surface area contributed by atoms with Gasteiger partial charge in [-0.25, -0.2) is 4.98 Å². The van der Waals surface area contributed by atoms with Gasteiger partial charge in [0.25, 0.3) is 0 Å². The van der Waals surface area contributed by atoms with E-state index in [1.165, 1.54) is 11.3 Å².